The molecule has 0 bridgehead atoms. The van der Waals surface area contributed by atoms with E-state index in [1.165, 1.54) is 12.3 Å². The van der Waals surface area contributed by atoms with E-state index in [4.69, 9.17) is 0 Å². The molecule has 0 spiro atoms. The molecule has 2 aliphatic heterocycles. The summed E-state index contributed by atoms with van der Waals surface area (Å²) in [6, 6.07) is 14.3. The van der Waals surface area contributed by atoms with Crippen molar-refractivity contribution in [2.45, 2.75) is 29.5 Å². The second-order valence-electron chi connectivity index (χ2n) is 7.78. The van der Waals surface area contributed by atoms with Crippen molar-refractivity contribution in [1.29, 1.82) is 0 Å². The Morgan fingerprint density at radius 3 is 2.69 bits per heavy atom. The number of aryl methyl sites for hydroxylation is 1. The van der Waals surface area contributed by atoms with Crippen molar-refractivity contribution in [2.24, 2.45) is 0 Å². The fraction of sp³-hybridized carbons (Fsp3) is 0.273. The Bertz CT molecular complexity index is 1190. The zero-order chi connectivity index (χ0) is 20.2. The number of likely N-dealkylation sites (tertiary alicyclic amines) is 1. The van der Waals surface area contributed by atoms with Crippen LogP contribution >= 0.6 is 0 Å². The lowest BCUT2D eigenvalue weighted by Gasteiger charge is -2.17. The Morgan fingerprint density at radius 1 is 1.10 bits per heavy atom. The average Bonchev–Trinajstić information content (AvgIpc) is 3.20. The van der Waals surface area contributed by atoms with Gasteiger partial charge in [-0.25, -0.2) is 13.4 Å². The fourth-order valence-electron chi connectivity index (χ4n) is 4.50. The van der Waals surface area contributed by atoms with Gasteiger partial charge in [0, 0.05) is 43.0 Å². The first-order valence-electron chi connectivity index (χ1n) is 9.56. The van der Waals surface area contributed by atoms with Crippen LogP contribution in [-0.2, 0) is 16.4 Å². The van der Waals surface area contributed by atoms with E-state index in [2.05, 4.69) is 14.9 Å². The molecule has 2 aromatic heterocycles. The highest BCUT2D eigenvalue weighted by Crippen LogP contribution is 2.46. The molecule has 7 heteroatoms. The number of hydrogen-bond acceptors (Lipinski definition) is 5. The van der Waals surface area contributed by atoms with Gasteiger partial charge in [0.05, 0.1) is 15.8 Å². The molecule has 0 N–H and O–H groups in total. The zero-order valence-corrected chi connectivity index (χ0v) is 16.7. The molecule has 0 amide bonds. The van der Waals surface area contributed by atoms with Crippen molar-refractivity contribution in [3.8, 4) is 11.1 Å². The molecule has 1 saturated heterocycles. The maximum Gasteiger partial charge on any atom is 0.212 e. The van der Waals surface area contributed by atoms with Crippen LogP contribution in [0.25, 0.3) is 11.1 Å². The van der Waals surface area contributed by atoms with Gasteiger partial charge in [0.25, 0.3) is 0 Å². The molecule has 2 atom stereocenters. The first kappa shape index (κ1) is 18.4. The maximum absolute atomic E-state index is 13.1. The number of aromatic nitrogens is 2. The van der Waals surface area contributed by atoms with Crippen molar-refractivity contribution >= 4 is 9.84 Å². The van der Waals surface area contributed by atoms with Crippen LogP contribution in [0, 0.1) is 12.9 Å². The molecule has 148 valence electrons. The monoisotopic (exact) mass is 409 g/mol. The molecule has 2 aliphatic rings. The van der Waals surface area contributed by atoms with Gasteiger partial charge >= 0.3 is 0 Å². The largest absolute Gasteiger partial charge is 0.296 e. The predicted molar refractivity (Wildman–Crippen MR) is 108 cm³/mol. The highest BCUT2D eigenvalue weighted by atomic mass is 32.2. The molecule has 5 rings (SSSR count). The summed E-state index contributed by atoms with van der Waals surface area (Å²) >= 11 is 0. The van der Waals surface area contributed by atoms with Crippen molar-refractivity contribution in [1.82, 2.24) is 14.9 Å². The standard InChI is InChI=1S/C22H20FN3O2S/c1-14-3-2-4-17(25-14)11-26-12-19-18-9-15(16-6-8-22(23)24-10-16)5-7-20(18)29(27,28)21(19)13-26/h2-10,19,21H,11-13H2,1H3/t19-,21+/m1/s1. The molecule has 0 radical (unpaired) electrons. The third kappa shape index (κ3) is 3.14. The SMILES string of the molecule is Cc1cccc(CN2C[C@@H]3c4cc(-c5ccc(F)nc5)ccc4S(=O)(=O)[C@H]3C2)n1. The molecule has 0 unspecified atom stereocenters. The lowest BCUT2D eigenvalue weighted by atomic mass is 9.95. The Kier molecular flexibility index (Phi) is 4.26. The van der Waals surface area contributed by atoms with Crippen molar-refractivity contribution < 1.29 is 12.8 Å². The number of hydrogen-bond donors (Lipinski definition) is 0. The summed E-state index contributed by atoms with van der Waals surface area (Å²) in [5, 5.41) is -0.427. The van der Waals surface area contributed by atoms with Gasteiger partial charge in [-0.05, 0) is 54.4 Å². The number of benzene rings is 1. The first-order chi connectivity index (χ1) is 13.9. The number of halogens is 1. The van der Waals surface area contributed by atoms with E-state index < -0.39 is 21.0 Å². The Morgan fingerprint density at radius 2 is 1.93 bits per heavy atom. The van der Waals surface area contributed by atoms with Crippen LogP contribution < -0.4 is 0 Å². The molecular formula is C22H20FN3O2S. The van der Waals surface area contributed by atoms with E-state index in [-0.39, 0.29) is 5.92 Å². The van der Waals surface area contributed by atoms with E-state index >= 15 is 0 Å². The zero-order valence-electron chi connectivity index (χ0n) is 15.9. The molecule has 1 aromatic carbocycles. The topological polar surface area (TPSA) is 63.2 Å². The second kappa shape index (κ2) is 6.71. The van der Waals surface area contributed by atoms with Crippen molar-refractivity contribution in [3.63, 3.8) is 0 Å². The van der Waals surface area contributed by atoms with Gasteiger partial charge in [0.2, 0.25) is 5.95 Å². The highest BCUT2D eigenvalue weighted by molar-refractivity contribution is 7.92. The summed E-state index contributed by atoms with van der Waals surface area (Å²) in [6.07, 6.45) is 1.47. The molecular weight excluding hydrogens is 389 g/mol. The van der Waals surface area contributed by atoms with Gasteiger partial charge in [0.15, 0.2) is 9.84 Å². The molecule has 0 aliphatic carbocycles. The summed E-state index contributed by atoms with van der Waals surface area (Å²) in [6.45, 7) is 3.78. The van der Waals surface area contributed by atoms with Crippen LogP contribution in [0.3, 0.4) is 0 Å². The number of rotatable bonds is 3. The Hall–Kier alpha value is -2.64. The van der Waals surface area contributed by atoms with Gasteiger partial charge in [0.1, 0.15) is 0 Å². The summed E-state index contributed by atoms with van der Waals surface area (Å²) in [4.78, 5) is 10.9. The van der Waals surface area contributed by atoms with Crippen LogP contribution in [0.1, 0.15) is 22.9 Å². The summed E-state index contributed by atoms with van der Waals surface area (Å²) < 4.78 is 39.4. The molecule has 4 heterocycles. The summed E-state index contributed by atoms with van der Waals surface area (Å²) in [5.74, 6) is -0.595. The summed E-state index contributed by atoms with van der Waals surface area (Å²) in [7, 11) is -3.36. The quantitative estimate of drug-likeness (QED) is 0.621. The Balaban J connectivity index is 1.47. The second-order valence-corrected chi connectivity index (χ2v) is 9.91. The van der Waals surface area contributed by atoms with E-state index in [0.717, 1.165) is 28.1 Å². The third-order valence-electron chi connectivity index (χ3n) is 5.85. The normalized spacial score (nSPS) is 22.4. The Labute approximate surface area is 169 Å². The van der Waals surface area contributed by atoms with Gasteiger partial charge in [-0.2, -0.15) is 4.39 Å². The number of fused-ring (bicyclic) bond motifs is 3. The molecule has 3 aromatic rings. The van der Waals surface area contributed by atoms with Crippen LogP contribution in [0.15, 0.2) is 59.6 Å². The third-order valence-corrected chi connectivity index (χ3v) is 8.11. The van der Waals surface area contributed by atoms with Crippen LogP contribution in [0.4, 0.5) is 4.39 Å². The smallest absolute Gasteiger partial charge is 0.212 e. The minimum Gasteiger partial charge on any atom is -0.296 e. The maximum atomic E-state index is 13.1. The molecule has 0 saturated carbocycles. The number of nitrogens with zero attached hydrogens (tertiary/aromatic N) is 3. The predicted octanol–water partition coefficient (Wildman–Crippen LogP) is 3.35. The van der Waals surface area contributed by atoms with E-state index in [0.29, 0.717) is 24.5 Å². The van der Waals surface area contributed by atoms with E-state index in [9.17, 15) is 12.8 Å². The van der Waals surface area contributed by atoms with Crippen LogP contribution in [-0.4, -0.2) is 41.6 Å². The van der Waals surface area contributed by atoms with Crippen molar-refractivity contribution in [2.75, 3.05) is 13.1 Å². The number of pyridine rings is 2. The van der Waals surface area contributed by atoms with Crippen LogP contribution in [0.5, 0.6) is 0 Å². The molecule has 1 fully saturated rings. The van der Waals surface area contributed by atoms with Gasteiger partial charge in [-0.15, -0.1) is 0 Å². The van der Waals surface area contributed by atoms with Crippen LogP contribution in [0.2, 0.25) is 0 Å². The van der Waals surface area contributed by atoms with Gasteiger partial charge < -0.3 is 0 Å². The summed E-state index contributed by atoms with van der Waals surface area (Å²) in [5.41, 5.74) is 4.39. The lowest BCUT2D eigenvalue weighted by molar-refractivity contribution is 0.321. The van der Waals surface area contributed by atoms with Gasteiger partial charge in [-0.3, -0.25) is 9.88 Å². The average molecular weight is 409 g/mol. The first-order valence-corrected chi connectivity index (χ1v) is 11.1. The van der Waals surface area contributed by atoms with E-state index in [1.807, 2.05) is 31.2 Å². The number of sulfone groups is 1. The minimum absolute atomic E-state index is 0.0619. The van der Waals surface area contributed by atoms with E-state index in [1.54, 1.807) is 18.2 Å². The fourth-order valence-corrected chi connectivity index (χ4v) is 6.69. The molecule has 29 heavy (non-hydrogen) atoms. The van der Waals surface area contributed by atoms with Gasteiger partial charge in [-0.1, -0.05) is 12.1 Å². The highest BCUT2D eigenvalue weighted by Gasteiger charge is 2.50. The van der Waals surface area contributed by atoms with Crippen molar-refractivity contribution in [3.05, 3.63) is 77.6 Å². The lowest BCUT2D eigenvalue weighted by Crippen LogP contribution is -2.26. The molecule has 5 nitrogen and oxygen atoms in total. The minimum atomic E-state index is -3.36.